The second kappa shape index (κ2) is 5.70. The second-order valence-corrected chi connectivity index (χ2v) is 10.5. The van der Waals surface area contributed by atoms with E-state index in [-0.39, 0.29) is 0 Å². The Bertz CT molecular complexity index is 262. The van der Waals surface area contributed by atoms with Gasteiger partial charge in [-0.3, -0.25) is 0 Å². The Balaban J connectivity index is 2.03. The van der Waals surface area contributed by atoms with Crippen LogP contribution in [0.3, 0.4) is 0 Å². The highest BCUT2D eigenvalue weighted by Gasteiger charge is 2.40. The third kappa shape index (κ3) is 2.68. The first kappa shape index (κ1) is 13.4. The highest BCUT2D eigenvalue weighted by molar-refractivity contribution is 6.73. The van der Waals surface area contributed by atoms with E-state index in [9.17, 15) is 0 Å². The molecule has 0 saturated heterocycles. The number of rotatable bonds is 5. The van der Waals surface area contributed by atoms with Crippen LogP contribution >= 0.6 is 0 Å². The van der Waals surface area contributed by atoms with Crippen LogP contribution in [0.1, 0.15) is 46.5 Å². The van der Waals surface area contributed by atoms with Gasteiger partial charge < -0.3 is 4.43 Å². The summed E-state index contributed by atoms with van der Waals surface area (Å²) in [6, 6.07) is 3.87. The zero-order valence-corrected chi connectivity index (χ0v) is 12.7. The number of hydrogen-bond donors (Lipinski definition) is 0. The van der Waals surface area contributed by atoms with Crippen LogP contribution in [0.2, 0.25) is 18.1 Å². The lowest BCUT2D eigenvalue weighted by atomic mass is 9.86. The maximum Gasteiger partial charge on any atom is 0.192 e. The molecule has 1 fully saturated rings. The second-order valence-electron chi connectivity index (χ2n) is 5.82. The molecule has 0 aromatic heterocycles. The van der Waals surface area contributed by atoms with Crippen molar-refractivity contribution in [3.05, 3.63) is 12.2 Å². The Morgan fingerprint density at radius 3 is 2.41 bits per heavy atom. The van der Waals surface area contributed by atoms with Crippen molar-refractivity contribution in [3.8, 4) is 0 Å². The van der Waals surface area contributed by atoms with Gasteiger partial charge in [0.15, 0.2) is 8.32 Å². The van der Waals surface area contributed by atoms with E-state index in [0.29, 0.717) is 6.10 Å². The standard InChI is InChI=1S/C15H28OSi/c1-4-17(5-2,6-3)16-15-12-11-13-9-7-8-10-14(13)15/h8,10,13-15H,4-7,9,11-12H2,1-3H3/t13-,14-,15+/m1/s1. The molecule has 2 aliphatic carbocycles. The first-order valence-corrected chi connectivity index (χ1v) is 10.1. The summed E-state index contributed by atoms with van der Waals surface area (Å²) in [5.41, 5.74) is 0. The molecule has 0 aliphatic heterocycles. The van der Waals surface area contributed by atoms with Gasteiger partial charge in [0.1, 0.15) is 0 Å². The monoisotopic (exact) mass is 252 g/mol. The average Bonchev–Trinajstić information content (AvgIpc) is 2.79. The molecular formula is C15H28OSi. The summed E-state index contributed by atoms with van der Waals surface area (Å²) in [6.45, 7) is 7.01. The van der Waals surface area contributed by atoms with Crippen LogP contribution in [-0.2, 0) is 4.43 Å². The first-order chi connectivity index (χ1) is 8.24. The minimum absolute atomic E-state index is 0.558. The van der Waals surface area contributed by atoms with Gasteiger partial charge >= 0.3 is 0 Å². The molecule has 0 spiro atoms. The molecule has 0 unspecified atom stereocenters. The van der Waals surface area contributed by atoms with E-state index < -0.39 is 8.32 Å². The largest absolute Gasteiger partial charge is 0.413 e. The molecule has 2 heteroatoms. The fourth-order valence-corrected chi connectivity index (χ4v) is 6.62. The third-order valence-electron chi connectivity index (χ3n) is 5.19. The van der Waals surface area contributed by atoms with Crippen molar-refractivity contribution in [3.63, 3.8) is 0 Å². The molecule has 0 aromatic rings. The molecule has 0 bridgehead atoms. The van der Waals surface area contributed by atoms with Gasteiger partial charge in [0, 0.05) is 5.92 Å². The summed E-state index contributed by atoms with van der Waals surface area (Å²) in [6.07, 6.45) is 10.8. The summed E-state index contributed by atoms with van der Waals surface area (Å²) in [5.74, 6) is 1.68. The van der Waals surface area contributed by atoms with Gasteiger partial charge in [-0.15, -0.1) is 0 Å². The highest BCUT2D eigenvalue weighted by atomic mass is 28.4. The first-order valence-electron chi connectivity index (χ1n) is 7.59. The van der Waals surface area contributed by atoms with Crippen LogP contribution in [0.5, 0.6) is 0 Å². The van der Waals surface area contributed by atoms with E-state index in [1.165, 1.54) is 43.8 Å². The van der Waals surface area contributed by atoms with E-state index >= 15 is 0 Å². The van der Waals surface area contributed by atoms with Gasteiger partial charge in [-0.1, -0.05) is 32.9 Å². The minimum Gasteiger partial charge on any atom is -0.413 e. The molecule has 17 heavy (non-hydrogen) atoms. The molecule has 0 heterocycles. The van der Waals surface area contributed by atoms with E-state index in [1.807, 2.05) is 0 Å². The van der Waals surface area contributed by atoms with Crippen LogP contribution < -0.4 is 0 Å². The number of hydrogen-bond acceptors (Lipinski definition) is 1. The molecule has 2 aliphatic rings. The molecule has 1 saturated carbocycles. The maximum absolute atomic E-state index is 6.70. The van der Waals surface area contributed by atoms with Gasteiger partial charge in [0.05, 0.1) is 6.10 Å². The van der Waals surface area contributed by atoms with E-state index in [1.54, 1.807) is 0 Å². The van der Waals surface area contributed by atoms with Crippen molar-refractivity contribution < 1.29 is 4.43 Å². The van der Waals surface area contributed by atoms with Crippen LogP contribution in [0, 0.1) is 11.8 Å². The lowest BCUT2D eigenvalue weighted by Gasteiger charge is -2.35. The van der Waals surface area contributed by atoms with Crippen LogP contribution in [-0.4, -0.2) is 14.4 Å². The van der Waals surface area contributed by atoms with Crippen molar-refractivity contribution in [2.75, 3.05) is 0 Å². The molecule has 0 amide bonds. The lowest BCUT2D eigenvalue weighted by molar-refractivity contribution is 0.150. The van der Waals surface area contributed by atoms with Crippen molar-refractivity contribution in [2.24, 2.45) is 11.8 Å². The van der Waals surface area contributed by atoms with Gasteiger partial charge in [-0.25, -0.2) is 0 Å². The molecule has 0 N–H and O–H groups in total. The zero-order chi connectivity index (χ0) is 12.3. The topological polar surface area (TPSA) is 9.23 Å². The Labute approximate surface area is 108 Å². The van der Waals surface area contributed by atoms with E-state index in [4.69, 9.17) is 4.43 Å². The molecule has 98 valence electrons. The Morgan fingerprint density at radius 1 is 1.06 bits per heavy atom. The average molecular weight is 252 g/mol. The zero-order valence-electron chi connectivity index (χ0n) is 11.7. The van der Waals surface area contributed by atoms with Crippen molar-refractivity contribution in [1.29, 1.82) is 0 Å². The van der Waals surface area contributed by atoms with E-state index in [2.05, 4.69) is 32.9 Å². The Hall–Kier alpha value is -0.0831. The fourth-order valence-electron chi connectivity index (χ4n) is 3.71. The predicted molar refractivity (Wildman–Crippen MR) is 76.7 cm³/mol. The summed E-state index contributed by atoms with van der Waals surface area (Å²) >= 11 is 0. The van der Waals surface area contributed by atoms with Gasteiger partial charge in [-0.2, -0.15) is 0 Å². The van der Waals surface area contributed by atoms with Crippen molar-refractivity contribution in [1.82, 2.24) is 0 Å². The summed E-state index contributed by atoms with van der Waals surface area (Å²) < 4.78 is 6.70. The highest BCUT2D eigenvalue weighted by Crippen LogP contribution is 2.42. The molecule has 0 aromatic carbocycles. The van der Waals surface area contributed by atoms with Crippen LogP contribution in [0.15, 0.2) is 12.2 Å². The number of allylic oxidation sites excluding steroid dienone is 1. The Kier molecular flexibility index (Phi) is 4.48. The Morgan fingerprint density at radius 2 is 1.76 bits per heavy atom. The van der Waals surface area contributed by atoms with E-state index in [0.717, 1.165) is 11.8 Å². The quantitative estimate of drug-likeness (QED) is 0.506. The van der Waals surface area contributed by atoms with Gasteiger partial charge in [0.25, 0.3) is 0 Å². The molecule has 3 atom stereocenters. The summed E-state index contributed by atoms with van der Waals surface area (Å²) in [5, 5.41) is 0. The summed E-state index contributed by atoms with van der Waals surface area (Å²) in [4.78, 5) is 0. The SMILES string of the molecule is CC[Si](CC)(CC)O[C@H]1CC[C@H]2CCC=C[C@H]21. The smallest absolute Gasteiger partial charge is 0.192 e. The van der Waals surface area contributed by atoms with Crippen molar-refractivity contribution >= 4 is 8.32 Å². The molecule has 0 radical (unpaired) electrons. The minimum atomic E-state index is -1.39. The van der Waals surface area contributed by atoms with Crippen molar-refractivity contribution in [2.45, 2.75) is 70.7 Å². The molecular weight excluding hydrogens is 224 g/mol. The lowest BCUT2D eigenvalue weighted by Crippen LogP contribution is -2.41. The molecule has 2 rings (SSSR count). The van der Waals surface area contributed by atoms with Gasteiger partial charge in [0.2, 0.25) is 0 Å². The maximum atomic E-state index is 6.70. The normalized spacial score (nSPS) is 32.8. The van der Waals surface area contributed by atoms with Crippen LogP contribution in [0.4, 0.5) is 0 Å². The predicted octanol–water partition coefficient (Wildman–Crippen LogP) is 4.75. The van der Waals surface area contributed by atoms with Gasteiger partial charge in [-0.05, 0) is 49.7 Å². The summed E-state index contributed by atoms with van der Waals surface area (Å²) in [7, 11) is -1.39. The number of fused-ring (bicyclic) bond motifs is 1. The fraction of sp³-hybridized carbons (Fsp3) is 0.867. The molecule has 1 nitrogen and oxygen atoms in total. The third-order valence-corrected chi connectivity index (χ3v) is 9.86. The van der Waals surface area contributed by atoms with Crippen LogP contribution in [0.25, 0.3) is 0 Å².